The summed E-state index contributed by atoms with van der Waals surface area (Å²) in [6, 6.07) is 6.04. The Kier molecular flexibility index (Phi) is 3.83. The predicted molar refractivity (Wildman–Crippen MR) is 67.9 cm³/mol. The van der Waals surface area contributed by atoms with Gasteiger partial charge in [0, 0.05) is 5.57 Å². The van der Waals surface area contributed by atoms with Gasteiger partial charge in [0.2, 0.25) is 0 Å². The zero-order valence-electron chi connectivity index (χ0n) is 10.4. The second kappa shape index (κ2) is 5.40. The molecule has 1 unspecified atom stereocenters. The van der Waals surface area contributed by atoms with Crippen molar-refractivity contribution >= 4 is 26.0 Å². The highest BCUT2D eigenvalue weighted by Gasteiger charge is 2.38. The van der Waals surface area contributed by atoms with Crippen molar-refractivity contribution in [2.45, 2.75) is 6.92 Å². The highest BCUT2D eigenvalue weighted by molar-refractivity contribution is 7.34. The van der Waals surface area contributed by atoms with E-state index in [9.17, 15) is 18.9 Å². The van der Waals surface area contributed by atoms with E-state index in [1.165, 1.54) is 19.1 Å². The Labute approximate surface area is 114 Å². The van der Waals surface area contributed by atoms with Crippen molar-refractivity contribution in [2.75, 3.05) is 0 Å². The Morgan fingerprint density at radius 2 is 1.70 bits per heavy atom. The zero-order chi connectivity index (χ0) is 14.9. The average Bonchev–Trinajstić information content (AvgIpc) is 2.64. The molecular weight excluding hydrogens is 285 g/mol. The van der Waals surface area contributed by atoms with Gasteiger partial charge >= 0.3 is 14.2 Å². The second-order valence-corrected chi connectivity index (χ2v) is 4.85. The lowest BCUT2D eigenvalue weighted by Crippen LogP contribution is -2.27. The smallest absolute Gasteiger partial charge is 0.389 e. The summed E-state index contributed by atoms with van der Waals surface area (Å²) >= 11 is 0. The maximum absolute atomic E-state index is 11.9. The van der Waals surface area contributed by atoms with Crippen LogP contribution >= 0.6 is 8.25 Å². The molecule has 1 aliphatic heterocycles. The zero-order valence-corrected chi connectivity index (χ0v) is 11.4. The van der Waals surface area contributed by atoms with Crippen LogP contribution in [0.4, 0.5) is 0 Å². The summed E-state index contributed by atoms with van der Waals surface area (Å²) in [4.78, 5) is 34.9. The van der Waals surface area contributed by atoms with Crippen LogP contribution in [-0.4, -0.2) is 22.8 Å². The van der Waals surface area contributed by atoms with Gasteiger partial charge < -0.3 is 4.52 Å². The first kappa shape index (κ1) is 14.2. The van der Waals surface area contributed by atoms with E-state index < -0.39 is 26.0 Å². The van der Waals surface area contributed by atoms with Gasteiger partial charge in [-0.05, 0) is 19.1 Å². The van der Waals surface area contributed by atoms with Crippen LogP contribution in [0.3, 0.4) is 0 Å². The van der Waals surface area contributed by atoms with E-state index in [0.717, 1.165) is 0 Å². The van der Waals surface area contributed by atoms with E-state index in [2.05, 4.69) is 15.7 Å². The largest absolute Gasteiger partial charge is 0.392 e. The third kappa shape index (κ3) is 2.54. The number of carbonyl (C=O) groups excluding carboxylic acids is 3. The Bertz CT molecular complexity index is 618. The molecule has 0 saturated heterocycles. The number of rotatable bonds is 4. The molecule has 0 fully saturated rings. The van der Waals surface area contributed by atoms with Crippen LogP contribution in [0.2, 0.25) is 0 Å². The molecule has 2 rings (SSSR count). The lowest BCUT2D eigenvalue weighted by Gasteiger charge is -2.12. The maximum Gasteiger partial charge on any atom is 0.392 e. The summed E-state index contributed by atoms with van der Waals surface area (Å²) in [7, 11) is -3.37. The molecule has 0 aliphatic carbocycles. The maximum atomic E-state index is 11.9. The highest BCUT2D eigenvalue weighted by atomic mass is 31.1. The highest BCUT2D eigenvalue weighted by Crippen LogP contribution is 2.32. The third-order valence-corrected chi connectivity index (χ3v) is 3.13. The molecular formula is C12H10NO6P. The number of amides is 2. The van der Waals surface area contributed by atoms with E-state index in [1.54, 1.807) is 12.1 Å². The Balaban J connectivity index is 2.11. The van der Waals surface area contributed by atoms with E-state index >= 15 is 0 Å². The van der Waals surface area contributed by atoms with Gasteiger partial charge in [0.25, 0.3) is 11.8 Å². The number of hydrogen-bond donors (Lipinski definition) is 0. The predicted octanol–water partition coefficient (Wildman–Crippen LogP) is 1.72. The molecule has 0 bridgehead atoms. The van der Waals surface area contributed by atoms with Crippen LogP contribution in [0, 0.1) is 0 Å². The van der Waals surface area contributed by atoms with Crippen molar-refractivity contribution in [1.82, 2.24) is 5.06 Å². The number of hydrogen-bond acceptors (Lipinski definition) is 6. The summed E-state index contributed by atoms with van der Waals surface area (Å²) in [6.07, 6.45) is 0. The number of imide groups is 1. The fourth-order valence-electron chi connectivity index (χ4n) is 1.51. The molecule has 0 N–H and O–H groups in total. The molecule has 1 atom stereocenters. The van der Waals surface area contributed by atoms with Crippen molar-refractivity contribution in [3.8, 4) is 0 Å². The molecule has 1 aromatic rings. The molecule has 8 heteroatoms. The van der Waals surface area contributed by atoms with Crippen LogP contribution in [0.1, 0.15) is 27.6 Å². The van der Waals surface area contributed by atoms with E-state index in [0.29, 0.717) is 5.06 Å². The summed E-state index contributed by atoms with van der Waals surface area (Å²) < 4.78 is 20.5. The SMILES string of the molecule is C=C(C)C(=O)O[PH](=O)ON1C(=O)c2ccccc2C1=O. The van der Waals surface area contributed by atoms with Crippen molar-refractivity contribution < 1.29 is 28.1 Å². The van der Waals surface area contributed by atoms with Gasteiger partial charge in [0.1, 0.15) is 0 Å². The number of carbonyl (C=O) groups is 3. The van der Waals surface area contributed by atoms with Gasteiger partial charge in [0.05, 0.1) is 11.1 Å². The fraction of sp³-hybridized carbons (Fsp3) is 0.0833. The van der Waals surface area contributed by atoms with Crippen LogP contribution in [0.5, 0.6) is 0 Å². The third-order valence-electron chi connectivity index (χ3n) is 2.45. The quantitative estimate of drug-likeness (QED) is 0.477. The minimum Gasteiger partial charge on any atom is -0.389 e. The molecule has 104 valence electrons. The normalized spacial score (nSPS) is 14.9. The summed E-state index contributed by atoms with van der Waals surface area (Å²) in [5.74, 6) is -2.43. The van der Waals surface area contributed by atoms with Crippen LogP contribution < -0.4 is 0 Å². The number of fused-ring (bicyclic) bond motifs is 1. The van der Waals surface area contributed by atoms with Gasteiger partial charge in [-0.25, -0.2) is 9.36 Å². The molecule has 0 saturated carbocycles. The second-order valence-electron chi connectivity index (χ2n) is 3.96. The summed E-state index contributed by atoms with van der Waals surface area (Å²) in [6.45, 7) is 4.66. The fourth-order valence-corrected chi connectivity index (χ4v) is 2.18. The lowest BCUT2D eigenvalue weighted by atomic mass is 10.1. The summed E-state index contributed by atoms with van der Waals surface area (Å²) in [5, 5.41) is 0.331. The van der Waals surface area contributed by atoms with Crippen molar-refractivity contribution in [3.05, 3.63) is 47.5 Å². The topological polar surface area (TPSA) is 90.0 Å². The van der Waals surface area contributed by atoms with Crippen molar-refractivity contribution in [2.24, 2.45) is 0 Å². The molecule has 1 heterocycles. The van der Waals surface area contributed by atoms with Gasteiger partial charge in [-0.3, -0.25) is 9.59 Å². The first-order chi connectivity index (χ1) is 9.41. The minimum absolute atomic E-state index is 0.0225. The van der Waals surface area contributed by atoms with E-state index in [1.807, 2.05) is 0 Å². The molecule has 0 spiro atoms. The van der Waals surface area contributed by atoms with Crippen molar-refractivity contribution in [1.29, 1.82) is 0 Å². The Hall–Kier alpha value is -2.24. The van der Waals surface area contributed by atoms with Gasteiger partial charge in [0.15, 0.2) is 0 Å². The Morgan fingerprint density at radius 1 is 1.20 bits per heavy atom. The molecule has 1 aliphatic rings. The van der Waals surface area contributed by atoms with Crippen LogP contribution in [0.15, 0.2) is 36.4 Å². The summed E-state index contributed by atoms with van der Waals surface area (Å²) in [5.41, 5.74) is 0.298. The lowest BCUT2D eigenvalue weighted by molar-refractivity contribution is -0.131. The van der Waals surface area contributed by atoms with Crippen molar-refractivity contribution in [3.63, 3.8) is 0 Å². The molecule has 0 aromatic heterocycles. The Morgan fingerprint density at radius 3 is 2.15 bits per heavy atom. The number of benzene rings is 1. The number of nitrogens with zero attached hydrogens (tertiary/aromatic N) is 1. The minimum atomic E-state index is -3.37. The average molecular weight is 295 g/mol. The van der Waals surface area contributed by atoms with E-state index in [-0.39, 0.29) is 16.7 Å². The molecule has 1 aromatic carbocycles. The van der Waals surface area contributed by atoms with Gasteiger partial charge in [-0.15, -0.1) is 5.06 Å². The van der Waals surface area contributed by atoms with Crippen LogP contribution in [-0.2, 0) is 18.5 Å². The van der Waals surface area contributed by atoms with Crippen LogP contribution in [0.25, 0.3) is 0 Å². The molecule has 0 radical (unpaired) electrons. The number of hydroxylamine groups is 2. The van der Waals surface area contributed by atoms with Gasteiger partial charge in [-0.2, -0.15) is 4.62 Å². The monoisotopic (exact) mass is 295 g/mol. The first-order valence-corrected chi connectivity index (χ1v) is 6.71. The molecule has 20 heavy (non-hydrogen) atoms. The first-order valence-electron chi connectivity index (χ1n) is 5.49. The van der Waals surface area contributed by atoms with Gasteiger partial charge in [-0.1, -0.05) is 18.7 Å². The molecule has 7 nitrogen and oxygen atoms in total. The standard InChI is InChI=1S/C12H10NO6P/c1-7(2)12(16)18-20(17)19-13-10(14)8-5-3-4-6-9(8)11(13)15/h3-6,20H,1H2,2H3. The van der Waals surface area contributed by atoms with E-state index in [4.69, 9.17) is 0 Å². The molecule has 2 amide bonds.